The smallest absolute Gasteiger partial charge is 0.244 e. The fraction of sp³-hybridized carbons (Fsp3) is 0.217. The first-order chi connectivity index (χ1) is 14.1. The van der Waals surface area contributed by atoms with E-state index in [1.807, 2.05) is 25.1 Å². The molecule has 1 heterocycles. The Balaban J connectivity index is 1.52. The Kier molecular flexibility index (Phi) is 7.03. The molecule has 0 unspecified atom stereocenters. The van der Waals surface area contributed by atoms with Crippen LogP contribution in [0.25, 0.3) is 17.3 Å². The Hall–Kier alpha value is -3.12. The lowest BCUT2D eigenvalue weighted by Gasteiger charge is -2.09. The van der Waals surface area contributed by atoms with Crippen molar-refractivity contribution in [2.75, 3.05) is 20.8 Å². The number of hydrogen-bond donors (Lipinski definition) is 1. The van der Waals surface area contributed by atoms with E-state index in [-0.39, 0.29) is 5.91 Å². The summed E-state index contributed by atoms with van der Waals surface area (Å²) in [6.45, 7) is 2.57. The third kappa shape index (κ3) is 5.45. The summed E-state index contributed by atoms with van der Waals surface area (Å²) in [7, 11) is 3.17. The molecule has 0 spiro atoms. The van der Waals surface area contributed by atoms with Crippen LogP contribution in [0.2, 0.25) is 0 Å². The number of aryl methyl sites for hydroxylation is 1. The van der Waals surface area contributed by atoms with E-state index in [1.54, 1.807) is 31.6 Å². The van der Waals surface area contributed by atoms with E-state index >= 15 is 0 Å². The van der Waals surface area contributed by atoms with Gasteiger partial charge in [-0.1, -0.05) is 36.4 Å². The Morgan fingerprint density at radius 3 is 2.59 bits per heavy atom. The zero-order valence-corrected chi connectivity index (χ0v) is 17.6. The molecule has 1 amide bonds. The van der Waals surface area contributed by atoms with Crippen LogP contribution in [0.4, 0.5) is 0 Å². The molecule has 1 N–H and O–H groups in total. The number of nitrogens with zero attached hydrogens (tertiary/aromatic N) is 1. The molecule has 0 saturated carbocycles. The van der Waals surface area contributed by atoms with Gasteiger partial charge in [-0.3, -0.25) is 4.79 Å². The first kappa shape index (κ1) is 20.6. The molecule has 0 aliphatic rings. The van der Waals surface area contributed by atoms with Crippen molar-refractivity contribution < 1.29 is 14.3 Å². The second-order valence-corrected chi connectivity index (χ2v) is 7.47. The third-order valence-corrected chi connectivity index (χ3v) is 5.20. The molecule has 0 saturated heterocycles. The second kappa shape index (κ2) is 9.89. The highest BCUT2D eigenvalue weighted by molar-refractivity contribution is 7.09. The predicted molar refractivity (Wildman–Crippen MR) is 118 cm³/mol. The van der Waals surface area contributed by atoms with Crippen molar-refractivity contribution in [3.63, 3.8) is 0 Å². The van der Waals surface area contributed by atoms with E-state index in [9.17, 15) is 4.79 Å². The van der Waals surface area contributed by atoms with E-state index in [0.717, 1.165) is 28.2 Å². The lowest BCUT2D eigenvalue weighted by atomic mass is 10.1. The highest BCUT2D eigenvalue weighted by Gasteiger charge is 2.07. The number of para-hydroxylation sites is 1. The van der Waals surface area contributed by atoms with E-state index in [0.29, 0.717) is 18.0 Å². The monoisotopic (exact) mass is 408 g/mol. The lowest BCUT2D eigenvalue weighted by Crippen LogP contribution is -2.23. The van der Waals surface area contributed by atoms with Crippen molar-refractivity contribution in [1.29, 1.82) is 0 Å². The van der Waals surface area contributed by atoms with Crippen molar-refractivity contribution in [3.8, 4) is 22.8 Å². The summed E-state index contributed by atoms with van der Waals surface area (Å²) in [5.41, 5.74) is 4.07. The average Bonchev–Trinajstić information content (AvgIpc) is 3.18. The van der Waals surface area contributed by atoms with Crippen molar-refractivity contribution >= 4 is 23.3 Å². The number of ether oxygens (including phenoxy) is 2. The highest BCUT2D eigenvalue weighted by atomic mass is 32.1. The SMILES string of the molecule is COc1cccc(/C=C/C(=O)NCCc2ccc(-c3csc(C)n3)cc2)c1OC. The molecule has 0 bridgehead atoms. The van der Waals surface area contributed by atoms with Crippen LogP contribution in [0.5, 0.6) is 11.5 Å². The number of carbonyl (C=O) groups is 1. The average molecular weight is 409 g/mol. The van der Waals surface area contributed by atoms with Gasteiger partial charge in [0, 0.05) is 29.1 Å². The molecule has 3 aromatic rings. The number of thiazole rings is 1. The number of rotatable bonds is 8. The molecule has 150 valence electrons. The van der Waals surface area contributed by atoms with Gasteiger partial charge >= 0.3 is 0 Å². The molecule has 0 fully saturated rings. The van der Waals surface area contributed by atoms with Crippen LogP contribution in [0, 0.1) is 6.92 Å². The van der Waals surface area contributed by atoms with Crippen molar-refractivity contribution in [2.45, 2.75) is 13.3 Å². The van der Waals surface area contributed by atoms with Gasteiger partial charge in [-0.2, -0.15) is 0 Å². The largest absolute Gasteiger partial charge is 0.493 e. The van der Waals surface area contributed by atoms with Crippen LogP contribution in [0.15, 0.2) is 53.9 Å². The predicted octanol–water partition coefficient (Wildman–Crippen LogP) is 4.51. The third-order valence-electron chi connectivity index (χ3n) is 4.43. The Bertz CT molecular complexity index is 994. The van der Waals surface area contributed by atoms with Crippen molar-refractivity contribution in [1.82, 2.24) is 10.3 Å². The van der Waals surface area contributed by atoms with Crippen molar-refractivity contribution in [3.05, 3.63) is 70.1 Å². The first-order valence-electron chi connectivity index (χ1n) is 9.29. The minimum atomic E-state index is -0.149. The molecule has 0 aliphatic carbocycles. The summed E-state index contributed by atoms with van der Waals surface area (Å²) >= 11 is 1.65. The van der Waals surface area contributed by atoms with Crippen molar-refractivity contribution in [2.24, 2.45) is 0 Å². The van der Waals surface area contributed by atoms with Gasteiger partial charge in [0.1, 0.15) is 0 Å². The summed E-state index contributed by atoms with van der Waals surface area (Å²) in [4.78, 5) is 16.6. The number of amides is 1. The summed E-state index contributed by atoms with van der Waals surface area (Å²) in [6, 6.07) is 13.8. The maximum Gasteiger partial charge on any atom is 0.244 e. The van der Waals surface area contributed by atoms with Crippen LogP contribution in [-0.2, 0) is 11.2 Å². The lowest BCUT2D eigenvalue weighted by molar-refractivity contribution is -0.116. The number of methoxy groups -OCH3 is 2. The van der Waals surface area contributed by atoms with Crippen LogP contribution in [0.3, 0.4) is 0 Å². The Morgan fingerprint density at radius 2 is 1.93 bits per heavy atom. The number of aromatic nitrogens is 1. The summed E-state index contributed by atoms with van der Waals surface area (Å²) in [6.07, 6.45) is 3.99. The van der Waals surface area contributed by atoms with Gasteiger partial charge in [0.05, 0.1) is 24.9 Å². The molecule has 3 rings (SSSR count). The fourth-order valence-electron chi connectivity index (χ4n) is 2.94. The summed E-state index contributed by atoms with van der Waals surface area (Å²) < 4.78 is 10.6. The molecule has 6 heteroatoms. The van der Waals surface area contributed by atoms with E-state index in [4.69, 9.17) is 9.47 Å². The highest BCUT2D eigenvalue weighted by Crippen LogP contribution is 2.31. The van der Waals surface area contributed by atoms with Gasteiger partial charge < -0.3 is 14.8 Å². The number of carbonyl (C=O) groups excluding carboxylic acids is 1. The molecule has 1 aromatic heterocycles. The van der Waals surface area contributed by atoms with Crippen LogP contribution in [0.1, 0.15) is 16.1 Å². The van der Waals surface area contributed by atoms with Gasteiger partial charge in [-0.15, -0.1) is 11.3 Å². The maximum absolute atomic E-state index is 12.1. The Labute approximate surface area is 175 Å². The summed E-state index contributed by atoms with van der Waals surface area (Å²) in [5.74, 6) is 1.09. The molecule has 0 aliphatic heterocycles. The summed E-state index contributed by atoms with van der Waals surface area (Å²) in [5, 5.41) is 6.03. The maximum atomic E-state index is 12.1. The van der Waals surface area contributed by atoms with E-state index < -0.39 is 0 Å². The van der Waals surface area contributed by atoms with Crippen LogP contribution < -0.4 is 14.8 Å². The van der Waals surface area contributed by atoms with Gasteiger partial charge in [0.2, 0.25) is 5.91 Å². The van der Waals surface area contributed by atoms with Crippen LogP contribution in [-0.4, -0.2) is 31.7 Å². The molecule has 5 nitrogen and oxygen atoms in total. The number of hydrogen-bond acceptors (Lipinski definition) is 5. The molecular formula is C23H24N2O3S. The number of nitrogens with one attached hydrogen (secondary N) is 1. The van der Waals surface area contributed by atoms with Gasteiger partial charge in [0.15, 0.2) is 11.5 Å². The zero-order chi connectivity index (χ0) is 20.6. The molecule has 0 atom stereocenters. The molecule has 0 radical (unpaired) electrons. The molecular weight excluding hydrogens is 384 g/mol. The minimum absolute atomic E-state index is 0.149. The number of benzene rings is 2. The normalized spacial score (nSPS) is 10.9. The van der Waals surface area contributed by atoms with E-state index in [2.05, 4.69) is 39.9 Å². The standard InChI is InChI=1S/C23H24N2O3S/c1-16-25-20(15-29-16)18-9-7-17(8-10-18)13-14-24-22(26)12-11-19-5-4-6-21(27-2)23(19)28-3/h4-12,15H,13-14H2,1-3H3,(H,24,26)/b12-11+. The molecule has 29 heavy (non-hydrogen) atoms. The topological polar surface area (TPSA) is 60.5 Å². The molecule has 2 aromatic carbocycles. The first-order valence-corrected chi connectivity index (χ1v) is 10.2. The van der Waals surface area contributed by atoms with Gasteiger partial charge in [-0.05, 0) is 31.1 Å². The second-order valence-electron chi connectivity index (χ2n) is 6.41. The van der Waals surface area contributed by atoms with Crippen LogP contribution >= 0.6 is 11.3 Å². The van der Waals surface area contributed by atoms with E-state index in [1.165, 1.54) is 11.6 Å². The van der Waals surface area contributed by atoms with Gasteiger partial charge in [-0.25, -0.2) is 4.98 Å². The Morgan fingerprint density at radius 1 is 1.14 bits per heavy atom. The van der Waals surface area contributed by atoms with Gasteiger partial charge in [0.25, 0.3) is 0 Å². The fourth-order valence-corrected chi connectivity index (χ4v) is 3.56. The quantitative estimate of drug-likeness (QED) is 0.557. The minimum Gasteiger partial charge on any atom is -0.493 e. The zero-order valence-electron chi connectivity index (χ0n) is 16.8.